The zero-order valence-electron chi connectivity index (χ0n) is 24.6. The number of pyridine rings is 1. The fourth-order valence-corrected chi connectivity index (χ4v) is 6.31. The number of hydrogen-bond acceptors (Lipinski definition) is 10. The number of anilines is 2. The number of carbonyl (C=O) groups is 1. The minimum absolute atomic E-state index is 0.00539. The smallest absolute Gasteiger partial charge is 0.223 e. The van der Waals surface area contributed by atoms with Gasteiger partial charge in [-0.3, -0.25) is 4.79 Å². The molecule has 0 amide bonds. The first-order chi connectivity index (χ1) is 20.9. The Hall–Kier alpha value is -3.18. The molecule has 4 heterocycles. The number of halogens is 2. The van der Waals surface area contributed by atoms with Crippen LogP contribution in [-0.2, 0) is 9.53 Å². The normalized spacial score (nSPS) is 18.6. The van der Waals surface area contributed by atoms with E-state index in [-0.39, 0.29) is 17.7 Å². The molecule has 0 radical (unpaired) electrons. The van der Waals surface area contributed by atoms with E-state index < -0.39 is 0 Å². The number of ether oxygens (including phenoxy) is 3. The number of ketones is 1. The lowest BCUT2D eigenvalue weighted by atomic mass is 9.97. The summed E-state index contributed by atoms with van der Waals surface area (Å²) < 4.78 is 16.6. The molecule has 2 aliphatic heterocycles. The van der Waals surface area contributed by atoms with Crippen LogP contribution in [0, 0.1) is 5.92 Å². The van der Waals surface area contributed by atoms with E-state index in [1.165, 1.54) is 46.2 Å². The average Bonchev–Trinajstić information content (AvgIpc) is 3.69. The van der Waals surface area contributed by atoms with Crippen molar-refractivity contribution in [2.75, 3.05) is 64.2 Å². The van der Waals surface area contributed by atoms with E-state index in [1.54, 1.807) is 12.3 Å². The fraction of sp³-hybridized carbons (Fsp3) is 0.484. The van der Waals surface area contributed by atoms with Crippen molar-refractivity contribution in [2.24, 2.45) is 5.92 Å². The lowest BCUT2D eigenvalue weighted by Crippen LogP contribution is -2.30. The summed E-state index contributed by atoms with van der Waals surface area (Å²) in [7, 11) is 3.08. The van der Waals surface area contributed by atoms with Gasteiger partial charge in [-0.05, 0) is 57.5 Å². The fourth-order valence-electron chi connectivity index (χ4n) is 5.61. The number of fused-ring (bicyclic) bond motifs is 1. The van der Waals surface area contributed by atoms with Gasteiger partial charge in [0.25, 0.3) is 0 Å². The molecule has 0 unspecified atom stereocenters. The topological polar surface area (TPSA) is 111 Å². The summed E-state index contributed by atoms with van der Waals surface area (Å²) in [5, 5.41) is 8.29. The molecule has 2 aliphatic rings. The van der Waals surface area contributed by atoms with Gasteiger partial charge in [0, 0.05) is 42.1 Å². The maximum absolute atomic E-state index is 12.0. The molecule has 230 valence electrons. The molecule has 3 aromatic rings. The summed E-state index contributed by atoms with van der Waals surface area (Å²) in [6.07, 6.45) is 8.09. The second kappa shape index (κ2) is 14.5. The van der Waals surface area contributed by atoms with Gasteiger partial charge < -0.3 is 29.7 Å². The summed E-state index contributed by atoms with van der Waals surface area (Å²) in [6, 6.07) is 3.41. The standard InChI is InChI=1S/C31H38Cl2N6O4/c1-4-21(40)13-20-17-43-18-23(20)37-31-35-16-19-14-22(26-27(32)24(41-2)15-25(42-3)28(26)33)36-30(29(19)38-31)34-9-5-6-10-39-11-7-8-12-39/h4,14-16,20,23H,1,5-13,17-18H2,2-3H3,(H,34,36)(H,35,37,38)/t20-,23+/m0/s1. The third kappa shape index (κ3) is 7.32. The first kappa shape index (κ1) is 31.3. The molecule has 0 bridgehead atoms. The van der Waals surface area contributed by atoms with Crippen molar-refractivity contribution < 1.29 is 19.0 Å². The van der Waals surface area contributed by atoms with Crippen molar-refractivity contribution in [2.45, 2.75) is 38.1 Å². The molecular formula is C31H38Cl2N6O4. The van der Waals surface area contributed by atoms with Crippen molar-refractivity contribution in [3.05, 3.63) is 41.0 Å². The number of aromatic nitrogens is 3. The van der Waals surface area contributed by atoms with E-state index in [9.17, 15) is 4.79 Å². The van der Waals surface area contributed by atoms with Crippen LogP contribution >= 0.6 is 23.2 Å². The van der Waals surface area contributed by atoms with E-state index in [2.05, 4.69) is 27.1 Å². The van der Waals surface area contributed by atoms with Gasteiger partial charge in [-0.15, -0.1) is 0 Å². The quantitative estimate of drug-likeness (QED) is 0.166. The van der Waals surface area contributed by atoms with Crippen LogP contribution in [0.25, 0.3) is 22.2 Å². The molecule has 2 aromatic heterocycles. The zero-order chi connectivity index (χ0) is 30.3. The Labute approximate surface area is 262 Å². The van der Waals surface area contributed by atoms with E-state index in [4.69, 9.17) is 47.4 Å². The highest BCUT2D eigenvalue weighted by molar-refractivity contribution is 6.41. The number of benzene rings is 1. The van der Waals surface area contributed by atoms with E-state index in [1.807, 2.05) is 6.07 Å². The molecule has 2 N–H and O–H groups in total. The average molecular weight is 630 g/mol. The summed E-state index contributed by atoms with van der Waals surface area (Å²) in [6.45, 7) is 8.74. The van der Waals surface area contributed by atoms with Crippen LogP contribution in [0.3, 0.4) is 0 Å². The number of allylic oxidation sites excluding steroid dienone is 1. The first-order valence-electron chi connectivity index (χ1n) is 14.7. The van der Waals surface area contributed by atoms with Crippen LogP contribution < -0.4 is 20.1 Å². The Kier molecular flexibility index (Phi) is 10.6. The number of nitrogens with zero attached hydrogens (tertiary/aromatic N) is 4. The monoisotopic (exact) mass is 628 g/mol. The molecule has 5 rings (SSSR count). The zero-order valence-corrected chi connectivity index (χ0v) is 26.1. The summed E-state index contributed by atoms with van der Waals surface area (Å²) in [4.78, 5) is 28.9. The second-order valence-corrected chi connectivity index (χ2v) is 11.6. The molecule has 0 saturated carbocycles. The lowest BCUT2D eigenvalue weighted by Gasteiger charge is -2.19. The minimum atomic E-state index is -0.0996. The highest BCUT2D eigenvalue weighted by atomic mass is 35.5. The van der Waals surface area contributed by atoms with E-state index in [0.29, 0.717) is 69.7 Å². The molecular weight excluding hydrogens is 591 g/mol. The number of nitrogens with one attached hydrogen (secondary N) is 2. The van der Waals surface area contributed by atoms with Crippen LogP contribution in [0.4, 0.5) is 11.8 Å². The Morgan fingerprint density at radius 1 is 1.12 bits per heavy atom. The molecule has 2 atom stereocenters. The predicted molar refractivity (Wildman–Crippen MR) is 171 cm³/mol. The van der Waals surface area contributed by atoms with Crippen molar-refractivity contribution in [1.29, 1.82) is 0 Å². The van der Waals surface area contributed by atoms with Gasteiger partial charge in [-0.1, -0.05) is 29.8 Å². The maximum Gasteiger partial charge on any atom is 0.223 e. The number of unbranched alkanes of at least 4 members (excludes halogenated alkanes) is 1. The Morgan fingerprint density at radius 2 is 1.86 bits per heavy atom. The van der Waals surface area contributed by atoms with Crippen molar-refractivity contribution in [3.8, 4) is 22.8 Å². The van der Waals surface area contributed by atoms with Gasteiger partial charge in [0.2, 0.25) is 5.95 Å². The number of likely N-dealkylation sites (tertiary alicyclic amines) is 1. The van der Waals surface area contributed by atoms with Crippen molar-refractivity contribution in [3.63, 3.8) is 0 Å². The van der Waals surface area contributed by atoms with Crippen molar-refractivity contribution >= 4 is 51.7 Å². The minimum Gasteiger partial charge on any atom is -0.495 e. The lowest BCUT2D eigenvalue weighted by molar-refractivity contribution is -0.115. The largest absolute Gasteiger partial charge is 0.495 e. The van der Waals surface area contributed by atoms with Gasteiger partial charge in [0.05, 0.1) is 49.2 Å². The molecule has 43 heavy (non-hydrogen) atoms. The SMILES string of the molecule is C=CC(=O)C[C@H]1COC[C@H]1Nc1ncc2cc(-c3c(Cl)c(OC)cc(OC)c3Cl)nc(NCCCCN3CCCC3)c2n1. The predicted octanol–water partition coefficient (Wildman–Crippen LogP) is 5.88. The highest BCUT2D eigenvalue weighted by Gasteiger charge is 2.30. The summed E-state index contributed by atoms with van der Waals surface area (Å²) >= 11 is 13.5. The molecule has 0 spiro atoms. The van der Waals surface area contributed by atoms with Gasteiger partial charge in [-0.2, -0.15) is 0 Å². The van der Waals surface area contributed by atoms with Crippen LogP contribution in [0.1, 0.15) is 32.1 Å². The highest BCUT2D eigenvalue weighted by Crippen LogP contribution is 2.46. The van der Waals surface area contributed by atoms with Crippen LogP contribution in [0.5, 0.6) is 11.5 Å². The third-order valence-electron chi connectivity index (χ3n) is 7.99. The molecule has 10 nitrogen and oxygen atoms in total. The van der Waals surface area contributed by atoms with Crippen LogP contribution in [0.15, 0.2) is 31.0 Å². The van der Waals surface area contributed by atoms with Crippen LogP contribution in [0.2, 0.25) is 10.0 Å². The molecule has 1 aromatic carbocycles. The first-order valence-corrected chi connectivity index (χ1v) is 15.4. The Bertz CT molecular complexity index is 1440. The number of rotatable bonds is 14. The van der Waals surface area contributed by atoms with E-state index in [0.717, 1.165) is 31.3 Å². The van der Waals surface area contributed by atoms with Gasteiger partial charge >= 0.3 is 0 Å². The molecule has 12 heteroatoms. The van der Waals surface area contributed by atoms with E-state index >= 15 is 0 Å². The number of methoxy groups -OCH3 is 2. The second-order valence-electron chi connectivity index (χ2n) is 10.9. The van der Waals surface area contributed by atoms with Gasteiger partial charge in [0.15, 0.2) is 11.6 Å². The molecule has 0 aliphatic carbocycles. The molecule has 2 saturated heterocycles. The molecule has 2 fully saturated rings. The van der Waals surface area contributed by atoms with Gasteiger partial charge in [0.1, 0.15) is 17.0 Å². The van der Waals surface area contributed by atoms with Gasteiger partial charge in [-0.25, -0.2) is 15.0 Å². The number of carbonyl (C=O) groups excluding carboxylic acids is 1. The summed E-state index contributed by atoms with van der Waals surface area (Å²) in [5.74, 6) is 1.87. The van der Waals surface area contributed by atoms with Crippen molar-refractivity contribution in [1.82, 2.24) is 19.9 Å². The maximum atomic E-state index is 12.0. The Morgan fingerprint density at radius 3 is 2.56 bits per heavy atom. The number of hydrogen-bond donors (Lipinski definition) is 2. The summed E-state index contributed by atoms with van der Waals surface area (Å²) in [5.41, 5.74) is 1.69. The third-order valence-corrected chi connectivity index (χ3v) is 8.74. The van der Waals surface area contributed by atoms with Crippen LogP contribution in [-0.4, -0.2) is 85.3 Å². The Balaban J connectivity index is 1.46.